The largest absolute Gasteiger partial charge is 0.465 e. The van der Waals surface area contributed by atoms with E-state index < -0.39 is 5.97 Å². The number of halogens is 1. The molecule has 0 saturated heterocycles. The van der Waals surface area contributed by atoms with E-state index in [1.54, 1.807) is 16.9 Å². The highest BCUT2D eigenvalue weighted by molar-refractivity contribution is 9.10. The van der Waals surface area contributed by atoms with Crippen LogP contribution in [0.5, 0.6) is 0 Å². The summed E-state index contributed by atoms with van der Waals surface area (Å²) in [5.74, 6) is -0.477. The van der Waals surface area contributed by atoms with Gasteiger partial charge >= 0.3 is 5.97 Å². The molecule has 3 rings (SSSR count). The van der Waals surface area contributed by atoms with Gasteiger partial charge in [-0.05, 0) is 27.6 Å². The highest BCUT2D eigenvalue weighted by Crippen LogP contribution is 2.31. The Kier molecular flexibility index (Phi) is 5.35. The van der Waals surface area contributed by atoms with Gasteiger partial charge in [-0.15, -0.1) is 0 Å². The predicted octanol–water partition coefficient (Wildman–Crippen LogP) is 3.38. The average Bonchev–Trinajstić information content (AvgIpc) is 3.03. The van der Waals surface area contributed by atoms with Crippen molar-refractivity contribution in [3.8, 4) is 0 Å². The second-order valence-corrected chi connectivity index (χ2v) is 6.36. The summed E-state index contributed by atoms with van der Waals surface area (Å²) in [4.78, 5) is 12.0. The summed E-state index contributed by atoms with van der Waals surface area (Å²) in [5, 5.41) is 5.16. The Bertz CT molecular complexity index is 893. The van der Waals surface area contributed by atoms with Crippen LogP contribution in [0.15, 0.2) is 47.1 Å². The summed E-state index contributed by atoms with van der Waals surface area (Å²) in [5.41, 5.74) is 8.44. The molecular weight excluding hydrogens is 386 g/mol. The van der Waals surface area contributed by atoms with Crippen molar-refractivity contribution in [1.29, 1.82) is 0 Å². The van der Waals surface area contributed by atoms with Crippen molar-refractivity contribution < 1.29 is 14.3 Å². The maximum atomic E-state index is 12.0. The number of nitrogens with zero attached hydrogens (tertiary/aromatic N) is 2. The topological polar surface area (TPSA) is 79.4 Å². The van der Waals surface area contributed by atoms with Crippen LogP contribution in [0.4, 0.5) is 5.69 Å². The second kappa shape index (κ2) is 7.67. The van der Waals surface area contributed by atoms with Crippen LogP contribution in [-0.4, -0.2) is 29.5 Å². The van der Waals surface area contributed by atoms with Crippen molar-refractivity contribution in [1.82, 2.24) is 9.78 Å². The molecule has 2 aromatic carbocycles. The number of esters is 1. The Labute approximate surface area is 153 Å². The van der Waals surface area contributed by atoms with Crippen molar-refractivity contribution in [3.63, 3.8) is 0 Å². The van der Waals surface area contributed by atoms with Gasteiger partial charge in [-0.1, -0.05) is 30.3 Å². The van der Waals surface area contributed by atoms with Gasteiger partial charge < -0.3 is 15.2 Å². The van der Waals surface area contributed by atoms with Gasteiger partial charge in [0.15, 0.2) is 0 Å². The van der Waals surface area contributed by atoms with Gasteiger partial charge in [0.2, 0.25) is 0 Å². The third kappa shape index (κ3) is 3.83. The van der Waals surface area contributed by atoms with E-state index in [-0.39, 0.29) is 0 Å². The number of benzene rings is 2. The molecule has 25 heavy (non-hydrogen) atoms. The van der Waals surface area contributed by atoms with Gasteiger partial charge in [-0.2, -0.15) is 5.10 Å². The van der Waals surface area contributed by atoms with Gasteiger partial charge in [0.05, 0.1) is 32.4 Å². The van der Waals surface area contributed by atoms with E-state index >= 15 is 0 Å². The SMILES string of the molecule is COC(=O)c1c(N)cc(Br)c2nn(CCOCc3ccccc3)cc12. The van der Waals surface area contributed by atoms with Crippen LogP contribution in [-0.2, 0) is 22.6 Å². The molecule has 1 aromatic heterocycles. The van der Waals surface area contributed by atoms with E-state index in [2.05, 4.69) is 21.0 Å². The average molecular weight is 404 g/mol. The van der Waals surface area contributed by atoms with Crippen LogP contribution in [0, 0.1) is 0 Å². The molecular formula is C18H18BrN3O3. The minimum absolute atomic E-state index is 0.331. The molecule has 0 atom stereocenters. The molecule has 0 spiro atoms. The maximum absolute atomic E-state index is 12.0. The first-order chi connectivity index (χ1) is 12.1. The molecule has 7 heteroatoms. The van der Waals surface area contributed by atoms with Crippen molar-refractivity contribution in [3.05, 3.63) is 58.2 Å². The number of ether oxygens (including phenoxy) is 2. The third-order valence-electron chi connectivity index (χ3n) is 3.79. The Morgan fingerprint density at radius 2 is 2.08 bits per heavy atom. The smallest absolute Gasteiger partial charge is 0.340 e. The van der Waals surface area contributed by atoms with Crippen LogP contribution in [0.3, 0.4) is 0 Å². The molecule has 0 bridgehead atoms. The summed E-state index contributed by atoms with van der Waals surface area (Å²) in [6, 6.07) is 11.6. The fraction of sp³-hybridized carbons (Fsp3) is 0.222. The fourth-order valence-electron chi connectivity index (χ4n) is 2.58. The molecule has 130 valence electrons. The predicted molar refractivity (Wildman–Crippen MR) is 99.3 cm³/mol. The maximum Gasteiger partial charge on any atom is 0.340 e. The van der Waals surface area contributed by atoms with E-state index in [0.29, 0.717) is 41.9 Å². The minimum atomic E-state index is -0.477. The van der Waals surface area contributed by atoms with Gasteiger partial charge in [0, 0.05) is 21.7 Å². The zero-order valence-corrected chi connectivity index (χ0v) is 15.3. The molecule has 0 fully saturated rings. The number of carbonyl (C=O) groups excluding carboxylic acids is 1. The molecule has 0 aliphatic carbocycles. The summed E-state index contributed by atoms with van der Waals surface area (Å²) in [7, 11) is 1.33. The Hall–Kier alpha value is -2.38. The normalized spacial score (nSPS) is 11.0. The first kappa shape index (κ1) is 17.4. The number of nitrogens with two attached hydrogens (primary N) is 1. The summed E-state index contributed by atoms with van der Waals surface area (Å²) in [6.45, 7) is 1.61. The molecule has 0 amide bonds. The van der Waals surface area contributed by atoms with Crippen molar-refractivity contribution in [2.75, 3.05) is 19.5 Å². The van der Waals surface area contributed by atoms with Crippen LogP contribution >= 0.6 is 15.9 Å². The van der Waals surface area contributed by atoms with Crippen LogP contribution in [0.2, 0.25) is 0 Å². The van der Waals surface area contributed by atoms with Crippen molar-refractivity contribution in [2.24, 2.45) is 0 Å². The van der Waals surface area contributed by atoms with E-state index in [4.69, 9.17) is 15.2 Å². The third-order valence-corrected chi connectivity index (χ3v) is 4.40. The molecule has 1 heterocycles. The minimum Gasteiger partial charge on any atom is -0.465 e. The number of hydrogen-bond acceptors (Lipinski definition) is 5. The molecule has 0 saturated carbocycles. The Morgan fingerprint density at radius 3 is 2.80 bits per heavy atom. The van der Waals surface area contributed by atoms with Gasteiger partial charge in [-0.3, -0.25) is 4.68 Å². The molecule has 2 N–H and O–H groups in total. The van der Waals surface area contributed by atoms with Gasteiger partial charge in [0.1, 0.15) is 5.52 Å². The Morgan fingerprint density at radius 1 is 1.32 bits per heavy atom. The lowest BCUT2D eigenvalue weighted by molar-refractivity contribution is 0.0604. The number of hydrogen-bond donors (Lipinski definition) is 1. The lowest BCUT2D eigenvalue weighted by Gasteiger charge is -2.05. The number of aromatic nitrogens is 2. The standard InChI is InChI=1S/C18H18BrN3O3/c1-24-18(23)16-13-10-22(21-17(13)14(19)9-15(16)20)7-8-25-11-12-5-3-2-4-6-12/h2-6,9-10H,7-8,11,20H2,1H3. The molecule has 0 aliphatic rings. The Balaban J connectivity index is 1.74. The number of anilines is 1. The summed E-state index contributed by atoms with van der Waals surface area (Å²) < 4.78 is 13.0. The quantitative estimate of drug-likeness (QED) is 0.387. The first-order valence-corrected chi connectivity index (χ1v) is 8.54. The van der Waals surface area contributed by atoms with E-state index in [0.717, 1.165) is 10.0 Å². The van der Waals surface area contributed by atoms with E-state index in [9.17, 15) is 4.79 Å². The van der Waals surface area contributed by atoms with Crippen molar-refractivity contribution in [2.45, 2.75) is 13.2 Å². The van der Waals surface area contributed by atoms with Gasteiger partial charge in [0.25, 0.3) is 0 Å². The number of rotatable bonds is 6. The lowest BCUT2D eigenvalue weighted by Crippen LogP contribution is -2.06. The molecule has 0 radical (unpaired) electrons. The number of carbonyl (C=O) groups is 1. The summed E-state index contributed by atoms with van der Waals surface area (Å²) in [6.07, 6.45) is 1.79. The highest BCUT2D eigenvalue weighted by atomic mass is 79.9. The second-order valence-electron chi connectivity index (χ2n) is 5.51. The zero-order valence-electron chi connectivity index (χ0n) is 13.7. The van der Waals surface area contributed by atoms with E-state index in [1.807, 2.05) is 30.3 Å². The number of fused-ring (bicyclic) bond motifs is 1. The molecule has 0 unspecified atom stereocenters. The zero-order chi connectivity index (χ0) is 17.8. The fourth-order valence-corrected chi connectivity index (χ4v) is 3.12. The van der Waals surface area contributed by atoms with Gasteiger partial charge in [-0.25, -0.2) is 4.79 Å². The number of methoxy groups -OCH3 is 1. The monoisotopic (exact) mass is 403 g/mol. The molecule has 6 nitrogen and oxygen atoms in total. The first-order valence-electron chi connectivity index (χ1n) is 7.75. The van der Waals surface area contributed by atoms with Crippen LogP contribution in [0.25, 0.3) is 10.9 Å². The van der Waals surface area contributed by atoms with Crippen molar-refractivity contribution >= 4 is 38.5 Å². The van der Waals surface area contributed by atoms with Crippen LogP contribution < -0.4 is 5.73 Å². The van der Waals surface area contributed by atoms with E-state index in [1.165, 1.54) is 7.11 Å². The molecule has 0 aliphatic heterocycles. The number of nitrogen functional groups attached to an aromatic ring is 1. The lowest BCUT2D eigenvalue weighted by atomic mass is 10.1. The molecule has 3 aromatic rings. The highest BCUT2D eigenvalue weighted by Gasteiger charge is 2.19. The van der Waals surface area contributed by atoms with Crippen LogP contribution in [0.1, 0.15) is 15.9 Å². The summed E-state index contributed by atoms with van der Waals surface area (Å²) >= 11 is 3.44.